The summed E-state index contributed by atoms with van der Waals surface area (Å²) in [5, 5.41) is 7.55. The summed E-state index contributed by atoms with van der Waals surface area (Å²) in [4.78, 5) is 17.0. The molecule has 2 N–H and O–H groups in total. The molecule has 0 bridgehead atoms. The standard InChI is InChI=1S/C25H31N3O2/c1-2-3-4-9-19-30-24-14-8-6-12-21(24)25(29)28-17-10-16-26-23-15-18-27-22-13-7-5-11-20(22)23/h5-8,11-15,18H,2-4,9-10,16-17,19H2,1H3,(H,26,27)(H,28,29). The molecule has 0 aliphatic carbocycles. The monoisotopic (exact) mass is 405 g/mol. The van der Waals surface area contributed by atoms with Gasteiger partial charge in [0.25, 0.3) is 5.91 Å². The van der Waals surface area contributed by atoms with E-state index in [1.807, 2.05) is 54.7 Å². The molecule has 3 aromatic rings. The molecule has 5 nitrogen and oxygen atoms in total. The van der Waals surface area contributed by atoms with Crippen molar-refractivity contribution in [3.63, 3.8) is 0 Å². The van der Waals surface area contributed by atoms with Crippen molar-refractivity contribution in [2.45, 2.75) is 39.0 Å². The fourth-order valence-electron chi connectivity index (χ4n) is 3.35. The normalized spacial score (nSPS) is 10.7. The van der Waals surface area contributed by atoms with Crippen molar-refractivity contribution in [2.75, 3.05) is 25.0 Å². The van der Waals surface area contributed by atoms with Gasteiger partial charge in [-0.1, -0.05) is 56.5 Å². The number of ether oxygens (including phenoxy) is 1. The quantitative estimate of drug-likeness (QED) is 0.395. The van der Waals surface area contributed by atoms with Crippen molar-refractivity contribution in [1.29, 1.82) is 0 Å². The maximum atomic E-state index is 12.6. The van der Waals surface area contributed by atoms with Gasteiger partial charge in [0.2, 0.25) is 0 Å². The number of anilines is 1. The Morgan fingerprint density at radius 1 is 0.933 bits per heavy atom. The predicted molar refractivity (Wildman–Crippen MR) is 123 cm³/mol. The molecule has 0 saturated carbocycles. The van der Waals surface area contributed by atoms with Gasteiger partial charge in [0.05, 0.1) is 17.7 Å². The molecule has 30 heavy (non-hydrogen) atoms. The van der Waals surface area contributed by atoms with Crippen LogP contribution in [0.1, 0.15) is 49.4 Å². The number of hydrogen-bond donors (Lipinski definition) is 2. The minimum atomic E-state index is -0.0893. The molecule has 5 heteroatoms. The number of fused-ring (bicyclic) bond motifs is 1. The molecular formula is C25H31N3O2. The second-order valence-corrected chi connectivity index (χ2v) is 7.32. The molecule has 0 radical (unpaired) electrons. The molecule has 1 aromatic heterocycles. The Labute approximate surface area is 178 Å². The molecule has 0 atom stereocenters. The van der Waals surface area contributed by atoms with Crippen LogP contribution in [0.4, 0.5) is 5.69 Å². The fourth-order valence-corrected chi connectivity index (χ4v) is 3.35. The van der Waals surface area contributed by atoms with Crippen LogP contribution in [-0.2, 0) is 0 Å². The number of aromatic nitrogens is 1. The number of para-hydroxylation sites is 2. The number of amides is 1. The van der Waals surface area contributed by atoms with Crippen LogP contribution in [0.15, 0.2) is 60.8 Å². The van der Waals surface area contributed by atoms with Crippen molar-refractivity contribution in [3.05, 3.63) is 66.4 Å². The third kappa shape index (κ3) is 6.21. The van der Waals surface area contributed by atoms with E-state index >= 15 is 0 Å². The van der Waals surface area contributed by atoms with Crippen molar-refractivity contribution in [1.82, 2.24) is 10.3 Å². The van der Waals surface area contributed by atoms with E-state index in [1.54, 1.807) is 0 Å². The van der Waals surface area contributed by atoms with Gasteiger partial charge >= 0.3 is 0 Å². The molecule has 0 spiro atoms. The van der Waals surface area contributed by atoms with Gasteiger partial charge in [-0.25, -0.2) is 0 Å². The number of unbranched alkanes of at least 4 members (excludes halogenated alkanes) is 3. The zero-order valence-electron chi connectivity index (χ0n) is 17.7. The lowest BCUT2D eigenvalue weighted by Crippen LogP contribution is -2.26. The Kier molecular flexibility index (Phi) is 8.51. The first-order valence-electron chi connectivity index (χ1n) is 10.9. The zero-order chi connectivity index (χ0) is 21.0. The predicted octanol–water partition coefficient (Wildman–Crippen LogP) is 5.43. The van der Waals surface area contributed by atoms with Crippen molar-refractivity contribution in [3.8, 4) is 5.75 Å². The van der Waals surface area contributed by atoms with Crippen LogP contribution in [0.5, 0.6) is 5.75 Å². The maximum absolute atomic E-state index is 12.6. The summed E-state index contributed by atoms with van der Waals surface area (Å²) >= 11 is 0. The van der Waals surface area contributed by atoms with Gasteiger partial charge in [-0.15, -0.1) is 0 Å². The number of hydrogen-bond acceptors (Lipinski definition) is 4. The number of rotatable bonds is 12. The van der Waals surface area contributed by atoms with Crippen LogP contribution in [0.2, 0.25) is 0 Å². The third-order valence-corrected chi connectivity index (χ3v) is 4.99. The summed E-state index contributed by atoms with van der Waals surface area (Å²) in [6, 6.07) is 17.5. The van der Waals surface area contributed by atoms with E-state index in [4.69, 9.17) is 4.74 Å². The van der Waals surface area contributed by atoms with E-state index in [-0.39, 0.29) is 5.91 Å². The lowest BCUT2D eigenvalue weighted by molar-refractivity contribution is 0.0949. The lowest BCUT2D eigenvalue weighted by atomic mass is 10.1. The van der Waals surface area contributed by atoms with Crippen LogP contribution in [0.25, 0.3) is 10.9 Å². The van der Waals surface area contributed by atoms with Gasteiger partial charge in [-0.3, -0.25) is 9.78 Å². The second kappa shape index (κ2) is 11.8. The van der Waals surface area contributed by atoms with Gasteiger partial charge < -0.3 is 15.4 Å². The summed E-state index contributed by atoms with van der Waals surface area (Å²) < 4.78 is 5.85. The van der Waals surface area contributed by atoms with E-state index in [0.29, 0.717) is 24.5 Å². The fraction of sp³-hybridized carbons (Fsp3) is 0.360. The Hall–Kier alpha value is -3.08. The molecule has 0 unspecified atom stereocenters. The highest BCUT2D eigenvalue weighted by atomic mass is 16.5. The van der Waals surface area contributed by atoms with Gasteiger partial charge in [0, 0.05) is 30.4 Å². The number of nitrogens with zero attached hydrogens (tertiary/aromatic N) is 1. The molecule has 1 amide bonds. The Bertz CT molecular complexity index is 937. The number of carbonyl (C=O) groups excluding carboxylic acids is 1. The molecule has 2 aromatic carbocycles. The second-order valence-electron chi connectivity index (χ2n) is 7.32. The van der Waals surface area contributed by atoms with Crippen molar-refractivity contribution < 1.29 is 9.53 Å². The smallest absolute Gasteiger partial charge is 0.255 e. The first-order chi connectivity index (χ1) is 14.8. The highest BCUT2D eigenvalue weighted by Crippen LogP contribution is 2.21. The number of pyridine rings is 1. The number of nitrogens with one attached hydrogen (secondary N) is 2. The third-order valence-electron chi connectivity index (χ3n) is 4.99. The molecule has 158 valence electrons. The summed E-state index contributed by atoms with van der Waals surface area (Å²) in [6.45, 7) is 4.20. The minimum Gasteiger partial charge on any atom is -0.493 e. The van der Waals surface area contributed by atoms with Crippen LogP contribution >= 0.6 is 0 Å². The average molecular weight is 406 g/mol. The van der Waals surface area contributed by atoms with Gasteiger partial charge in [-0.2, -0.15) is 0 Å². The van der Waals surface area contributed by atoms with Crippen LogP contribution in [-0.4, -0.2) is 30.6 Å². The largest absolute Gasteiger partial charge is 0.493 e. The van der Waals surface area contributed by atoms with E-state index in [0.717, 1.165) is 42.4 Å². The summed E-state index contributed by atoms with van der Waals surface area (Å²) in [5.41, 5.74) is 2.64. The van der Waals surface area contributed by atoms with Crippen molar-refractivity contribution in [2.24, 2.45) is 0 Å². The zero-order valence-corrected chi connectivity index (χ0v) is 17.7. The first-order valence-corrected chi connectivity index (χ1v) is 10.9. The van der Waals surface area contributed by atoms with Gasteiger partial charge in [0.15, 0.2) is 0 Å². The highest BCUT2D eigenvalue weighted by molar-refractivity contribution is 5.96. The van der Waals surface area contributed by atoms with Crippen LogP contribution < -0.4 is 15.4 Å². The highest BCUT2D eigenvalue weighted by Gasteiger charge is 2.11. The Morgan fingerprint density at radius 3 is 2.67 bits per heavy atom. The first kappa shape index (κ1) is 21.6. The van der Waals surface area contributed by atoms with E-state index in [9.17, 15) is 4.79 Å². The molecule has 3 rings (SSSR count). The van der Waals surface area contributed by atoms with E-state index in [1.165, 1.54) is 12.8 Å². The lowest BCUT2D eigenvalue weighted by Gasteiger charge is -2.12. The average Bonchev–Trinajstić information content (AvgIpc) is 2.79. The number of benzene rings is 2. The van der Waals surface area contributed by atoms with E-state index < -0.39 is 0 Å². The Morgan fingerprint density at radius 2 is 1.77 bits per heavy atom. The summed E-state index contributed by atoms with van der Waals surface area (Å²) in [7, 11) is 0. The van der Waals surface area contributed by atoms with Gasteiger partial charge in [-0.05, 0) is 37.1 Å². The van der Waals surface area contributed by atoms with Crippen LogP contribution in [0, 0.1) is 0 Å². The SMILES string of the molecule is CCCCCCOc1ccccc1C(=O)NCCCNc1ccnc2ccccc12. The molecule has 0 aliphatic heterocycles. The van der Waals surface area contributed by atoms with E-state index in [2.05, 4.69) is 28.6 Å². The minimum absolute atomic E-state index is 0.0893. The molecule has 0 saturated heterocycles. The van der Waals surface area contributed by atoms with Gasteiger partial charge in [0.1, 0.15) is 5.75 Å². The molecule has 0 aliphatic rings. The molecule has 1 heterocycles. The van der Waals surface area contributed by atoms with Crippen LogP contribution in [0.3, 0.4) is 0 Å². The topological polar surface area (TPSA) is 63.2 Å². The molecule has 0 fully saturated rings. The summed E-state index contributed by atoms with van der Waals surface area (Å²) in [5.74, 6) is 0.571. The number of carbonyl (C=O) groups is 1. The van der Waals surface area contributed by atoms with Crippen molar-refractivity contribution >= 4 is 22.5 Å². The summed E-state index contributed by atoms with van der Waals surface area (Å²) in [6.07, 6.45) is 7.22. The Balaban J connectivity index is 1.43. The maximum Gasteiger partial charge on any atom is 0.255 e. The molecular weight excluding hydrogens is 374 g/mol.